The summed E-state index contributed by atoms with van der Waals surface area (Å²) in [6.07, 6.45) is 1.18. The van der Waals surface area contributed by atoms with E-state index in [9.17, 15) is 0 Å². The molecule has 3 nitrogen and oxygen atoms in total. The van der Waals surface area contributed by atoms with Gasteiger partial charge in [-0.05, 0) is 32.4 Å². The van der Waals surface area contributed by atoms with E-state index in [0.29, 0.717) is 5.15 Å². The molecule has 2 unspecified atom stereocenters. The van der Waals surface area contributed by atoms with Crippen molar-refractivity contribution in [3.05, 3.63) is 23.4 Å². The van der Waals surface area contributed by atoms with Gasteiger partial charge in [-0.15, -0.1) is 0 Å². The molecule has 1 aliphatic rings. The van der Waals surface area contributed by atoms with E-state index in [0.717, 1.165) is 18.8 Å². The first kappa shape index (κ1) is 10.7. The molecule has 2 heterocycles. The van der Waals surface area contributed by atoms with Crippen molar-refractivity contribution in [1.82, 2.24) is 4.98 Å². The van der Waals surface area contributed by atoms with E-state index in [2.05, 4.69) is 24.1 Å². The van der Waals surface area contributed by atoms with Crippen LogP contribution in [0.5, 0.6) is 0 Å². The molecule has 1 N–H and O–H groups in total. The highest BCUT2D eigenvalue weighted by molar-refractivity contribution is 6.29. The second-order valence-corrected chi connectivity index (χ2v) is 4.54. The highest BCUT2D eigenvalue weighted by atomic mass is 35.5. The fraction of sp³-hybridized carbons (Fsp3) is 0.545. The van der Waals surface area contributed by atoms with Crippen LogP contribution in [0, 0.1) is 0 Å². The van der Waals surface area contributed by atoms with E-state index in [1.54, 1.807) is 6.07 Å². The number of pyridine rings is 1. The molecule has 1 fully saturated rings. The zero-order chi connectivity index (χ0) is 10.9. The number of nitrogens with one attached hydrogen (secondary N) is 1. The van der Waals surface area contributed by atoms with Crippen LogP contribution in [-0.4, -0.2) is 23.2 Å². The third-order valence-electron chi connectivity index (χ3n) is 3.02. The monoisotopic (exact) mass is 226 g/mol. The Hall–Kier alpha value is -0.800. The summed E-state index contributed by atoms with van der Waals surface area (Å²) < 4.78 is 5.55. The Morgan fingerprint density at radius 3 is 3.00 bits per heavy atom. The number of aromatic nitrogens is 1. The van der Waals surface area contributed by atoms with Gasteiger partial charge in [0.1, 0.15) is 11.0 Å². The minimum Gasteiger partial charge on any atom is -0.376 e. The van der Waals surface area contributed by atoms with Gasteiger partial charge in [-0.3, -0.25) is 0 Å². The minimum absolute atomic E-state index is 0.0440. The maximum absolute atomic E-state index is 5.83. The van der Waals surface area contributed by atoms with E-state index in [1.165, 1.54) is 0 Å². The summed E-state index contributed by atoms with van der Waals surface area (Å²) in [5, 5.41) is 3.90. The van der Waals surface area contributed by atoms with Crippen LogP contribution in [-0.2, 0) is 4.74 Å². The lowest BCUT2D eigenvalue weighted by molar-refractivity contribution is 0.105. The summed E-state index contributed by atoms with van der Waals surface area (Å²) in [6.45, 7) is 5.02. The fourth-order valence-electron chi connectivity index (χ4n) is 1.77. The molecule has 1 aromatic heterocycles. The van der Waals surface area contributed by atoms with Crippen molar-refractivity contribution in [2.75, 3.05) is 11.9 Å². The molecule has 2 rings (SSSR count). The SMILES string of the molecule is CC1OCCC1(C)Nc1cccc(Cl)n1. The summed E-state index contributed by atoms with van der Waals surface area (Å²) in [5.41, 5.74) is -0.0440. The van der Waals surface area contributed by atoms with Crippen LogP contribution >= 0.6 is 11.6 Å². The molecule has 2 atom stereocenters. The summed E-state index contributed by atoms with van der Waals surface area (Å²) in [4.78, 5) is 4.22. The number of hydrogen-bond acceptors (Lipinski definition) is 3. The van der Waals surface area contributed by atoms with Crippen LogP contribution in [0.15, 0.2) is 18.2 Å². The van der Waals surface area contributed by atoms with E-state index in [-0.39, 0.29) is 11.6 Å². The summed E-state index contributed by atoms with van der Waals surface area (Å²) in [6, 6.07) is 5.58. The van der Waals surface area contributed by atoms with Gasteiger partial charge in [0.25, 0.3) is 0 Å². The second-order valence-electron chi connectivity index (χ2n) is 4.15. The molecular weight excluding hydrogens is 212 g/mol. The van der Waals surface area contributed by atoms with Gasteiger partial charge >= 0.3 is 0 Å². The highest BCUT2D eigenvalue weighted by Crippen LogP contribution is 2.29. The number of halogens is 1. The Labute approximate surface area is 94.8 Å². The van der Waals surface area contributed by atoms with E-state index in [1.807, 2.05) is 12.1 Å². The Kier molecular flexibility index (Phi) is 2.85. The molecule has 0 radical (unpaired) electrons. The highest BCUT2D eigenvalue weighted by Gasteiger charge is 2.37. The van der Waals surface area contributed by atoms with Crippen molar-refractivity contribution >= 4 is 17.4 Å². The molecule has 0 aromatic carbocycles. The molecule has 0 spiro atoms. The number of nitrogens with zero attached hydrogens (tertiary/aromatic N) is 1. The van der Waals surface area contributed by atoms with Crippen molar-refractivity contribution in [2.24, 2.45) is 0 Å². The second kappa shape index (κ2) is 3.99. The average Bonchev–Trinajstić information content (AvgIpc) is 2.47. The van der Waals surface area contributed by atoms with Crippen molar-refractivity contribution in [2.45, 2.75) is 31.9 Å². The van der Waals surface area contributed by atoms with Crippen molar-refractivity contribution in [3.63, 3.8) is 0 Å². The lowest BCUT2D eigenvalue weighted by atomic mass is 9.95. The molecule has 0 amide bonds. The maximum atomic E-state index is 5.83. The van der Waals surface area contributed by atoms with Gasteiger partial charge in [-0.1, -0.05) is 17.7 Å². The van der Waals surface area contributed by atoms with Gasteiger partial charge in [0, 0.05) is 6.61 Å². The van der Waals surface area contributed by atoms with Gasteiger partial charge in [0.05, 0.1) is 11.6 Å². The normalized spacial score (nSPS) is 30.5. The molecule has 1 aromatic rings. The van der Waals surface area contributed by atoms with Gasteiger partial charge < -0.3 is 10.1 Å². The molecule has 1 aliphatic heterocycles. The molecule has 4 heteroatoms. The van der Waals surface area contributed by atoms with Crippen LogP contribution in [0.2, 0.25) is 5.15 Å². The smallest absolute Gasteiger partial charge is 0.131 e. The fourth-order valence-corrected chi connectivity index (χ4v) is 1.93. The Morgan fingerprint density at radius 1 is 1.60 bits per heavy atom. The predicted molar refractivity (Wildman–Crippen MR) is 61.3 cm³/mol. The van der Waals surface area contributed by atoms with Crippen LogP contribution in [0.4, 0.5) is 5.82 Å². The van der Waals surface area contributed by atoms with Gasteiger partial charge in [-0.25, -0.2) is 4.98 Å². The molecule has 0 bridgehead atoms. The maximum Gasteiger partial charge on any atom is 0.131 e. The summed E-state index contributed by atoms with van der Waals surface area (Å²) in [7, 11) is 0. The Morgan fingerprint density at radius 2 is 2.40 bits per heavy atom. The first-order valence-corrected chi connectivity index (χ1v) is 5.50. The third-order valence-corrected chi connectivity index (χ3v) is 3.23. The zero-order valence-corrected chi connectivity index (χ0v) is 9.71. The summed E-state index contributed by atoms with van der Waals surface area (Å²) >= 11 is 5.83. The zero-order valence-electron chi connectivity index (χ0n) is 8.96. The quantitative estimate of drug-likeness (QED) is 0.788. The van der Waals surface area contributed by atoms with Crippen LogP contribution in [0.3, 0.4) is 0 Å². The Bertz CT molecular complexity index is 358. The topological polar surface area (TPSA) is 34.1 Å². The standard InChI is InChI=1S/C11H15ClN2O/c1-8-11(2,6-7-15-8)14-10-5-3-4-9(12)13-10/h3-5,8H,6-7H2,1-2H3,(H,13,14). The number of ether oxygens (including phenoxy) is 1. The van der Waals surface area contributed by atoms with Crippen molar-refractivity contribution < 1.29 is 4.74 Å². The van der Waals surface area contributed by atoms with Crippen LogP contribution in [0.25, 0.3) is 0 Å². The third kappa shape index (κ3) is 2.24. The first-order chi connectivity index (χ1) is 7.10. The van der Waals surface area contributed by atoms with Crippen molar-refractivity contribution in [3.8, 4) is 0 Å². The molecular formula is C11H15ClN2O. The van der Waals surface area contributed by atoms with E-state index < -0.39 is 0 Å². The number of anilines is 1. The number of hydrogen-bond donors (Lipinski definition) is 1. The van der Waals surface area contributed by atoms with Gasteiger partial charge in [0.2, 0.25) is 0 Å². The Balaban J connectivity index is 2.14. The lowest BCUT2D eigenvalue weighted by Gasteiger charge is -2.29. The minimum atomic E-state index is -0.0440. The van der Waals surface area contributed by atoms with E-state index >= 15 is 0 Å². The van der Waals surface area contributed by atoms with E-state index in [4.69, 9.17) is 16.3 Å². The lowest BCUT2D eigenvalue weighted by Crippen LogP contribution is -2.41. The first-order valence-electron chi connectivity index (χ1n) is 5.12. The van der Waals surface area contributed by atoms with Crippen LogP contribution in [0.1, 0.15) is 20.3 Å². The largest absolute Gasteiger partial charge is 0.376 e. The molecule has 0 saturated carbocycles. The van der Waals surface area contributed by atoms with Crippen LogP contribution < -0.4 is 5.32 Å². The average molecular weight is 227 g/mol. The van der Waals surface area contributed by atoms with Gasteiger partial charge in [0.15, 0.2) is 0 Å². The predicted octanol–water partition coefficient (Wildman–Crippen LogP) is 2.71. The number of rotatable bonds is 2. The molecule has 82 valence electrons. The van der Waals surface area contributed by atoms with Crippen molar-refractivity contribution in [1.29, 1.82) is 0 Å². The molecule has 1 saturated heterocycles. The summed E-state index contributed by atoms with van der Waals surface area (Å²) in [5.74, 6) is 0.808. The van der Waals surface area contributed by atoms with Gasteiger partial charge in [-0.2, -0.15) is 0 Å². The molecule has 0 aliphatic carbocycles. The molecule has 15 heavy (non-hydrogen) atoms.